The van der Waals surface area contributed by atoms with Crippen LogP contribution in [0.2, 0.25) is 0 Å². The maximum Gasteiger partial charge on any atom is 0.194 e. The van der Waals surface area contributed by atoms with E-state index in [4.69, 9.17) is 11.5 Å². The first-order valence-corrected chi connectivity index (χ1v) is 5.01. The molecule has 4 N–H and O–H groups in total. The molecule has 1 aliphatic carbocycles. The van der Waals surface area contributed by atoms with Gasteiger partial charge in [0.2, 0.25) is 0 Å². The molecule has 0 atom stereocenters. The monoisotopic (exact) mass is 210 g/mol. The summed E-state index contributed by atoms with van der Waals surface area (Å²) in [6.45, 7) is 0. The second-order valence-corrected chi connectivity index (χ2v) is 3.91. The highest BCUT2D eigenvalue weighted by Crippen LogP contribution is 2.41. The molecule has 0 saturated heterocycles. The van der Waals surface area contributed by atoms with Gasteiger partial charge in [0, 0.05) is 28.1 Å². The van der Waals surface area contributed by atoms with Gasteiger partial charge in [0.05, 0.1) is 0 Å². The largest absolute Gasteiger partial charge is 0.399 e. The number of nitrogen functional groups attached to an aromatic ring is 2. The molecule has 3 nitrogen and oxygen atoms in total. The van der Waals surface area contributed by atoms with Gasteiger partial charge in [-0.3, -0.25) is 4.79 Å². The van der Waals surface area contributed by atoms with Crippen molar-refractivity contribution in [3.05, 3.63) is 47.5 Å². The third-order valence-electron chi connectivity index (χ3n) is 2.88. The average Bonchev–Trinajstić information content (AvgIpc) is 2.54. The van der Waals surface area contributed by atoms with E-state index in [1.165, 1.54) is 0 Å². The van der Waals surface area contributed by atoms with Crippen molar-refractivity contribution in [2.24, 2.45) is 0 Å². The van der Waals surface area contributed by atoms with Crippen molar-refractivity contribution in [3.8, 4) is 11.1 Å². The molecule has 3 rings (SSSR count). The molecule has 0 radical (unpaired) electrons. The van der Waals surface area contributed by atoms with Crippen molar-refractivity contribution < 1.29 is 4.79 Å². The molecule has 16 heavy (non-hydrogen) atoms. The molecule has 78 valence electrons. The standard InChI is InChI=1S/C13H10N2O/c14-7-5-10-12(11(15)6-7)8-3-1-2-4-9(8)13(10)16/h1-6H,14-15H2. The highest BCUT2D eigenvalue weighted by Gasteiger charge is 2.28. The first-order valence-electron chi connectivity index (χ1n) is 5.01. The zero-order valence-electron chi connectivity index (χ0n) is 8.53. The first-order chi connectivity index (χ1) is 7.68. The van der Waals surface area contributed by atoms with Crippen LogP contribution in [0.1, 0.15) is 15.9 Å². The molecule has 0 unspecified atom stereocenters. The Morgan fingerprint density at radius 2 is 1.56 bits per heavy atom. The smallest absolute Gasteiger partial charge is 0.194 e. The van der Waals surface area contributed by atoms with Crippen LogP contribution in [0.5, 0.6) is 0 Å². The predicted octanol–water partition coefficient (Wildman–Crippen LogP) is 2.06. The Kier molecular flexibility index (Phi) is 1.60. The molecule has 1 aliphatic rings. The van der Waals surface area contributed by atoms with Gasteiger partial charge in [0.1, 0.15) is 0 Å². The summed E-state index contributed by atoms with van der Waals surface area (Å²) in [7, 11) is 0. The van der Waals surface area contributed by atoms with Crippen LogP contribution in [0.25, 0.3) is 11.1 Å². The molecule has 2 aromatic carbocycles. The van der Waals surface area contributed by atoms with Gasteiger partial charge >= 0.3 is 0 Å². The second kappa shape index (κ2) is 2.85. The molecule has 0 spiro atoms. The SMILES string of the molecule is Nc1cc(N)c2c(c1)C(=O)c1ccccc1-2. The van der Waals surface area contributed by atoms with E-state index in [1.807, 2.05) is 24.3 Å². The van der Waals surface area contributed by atoms with Crippen molar-refractivity contribution in [1.82, 2.24) is 0 Å². The number of rotatable bonds is 0. The molecular weight excluding hydrogens is 200 g/mol. The first kappa shape index (κ1) is 8.97. The fourth-order valence-corrected chi connectivity index (χ4v) is 2.21. The lowest BCUT2D eigenvalue weighted by molar-refractivity contribution is 0.104. The summed E-state index contributed by atoms with van der Waals surface area (Å²) >= 11 is 0. The highest BCUT2D eigenvalue weighted by atomic mass is 16.1. The van der Waals surface area contributed by atoms with E-state index in [9.17, 15) is 4.79 Å². The lowest BCUT2D eigenvalue weighted by Gasteiger charge is -2.05. The molecule has 0 heterocycles. The number of fused-ring (bicyclic) bond motifs is 3. The number of nitrogens with two attached hydrogens (primary N) is 2. The van der Waals surface area contributed by atoms with Gasteiger partial charge < -0.3 is 11.5 Å². The summed E-state index contributed by atoms with van der Waals surface area (Å²) < 4.78 is 0. The average molecular weight is 210 g/mol. The van der Waals surface area contributed by atoms with Gasteiger partial charge in [-0.15, -0.1) is 0 Å². The van der Waals surface area contributed by atoms with E-state index in [2.05, 4.69) is 0 Å². The normalized spacial score (nSPS) is 12.4. The molecule has 0 fully saturated rings. The lowest BCUT2D eigenvalue weighted by Crippen LogP contribution is -1.98. The van der Waals surface area contributed by atoms with Crippen LogP contribution >= 0.6 is 0 Å². The van der Waals surface area contributed by atoms with E-state index in [-0.39, 0.29) is 5.78 Å². The summed E-state index contributed by atoms with van der Waals surface area (Å²) in [4.78, 5) is 12.1. The number of ketones is 1. The Balaban J connectivity index is 2.43. The van der Waals surface area contributed by atoms with Crippen LogP contribution < -0.4 is 11.5 Å². The second-order valence-electron chi connectivity index (χ2n) is 3.91. The summed E-state index contributed by atoms with van der Waals surface area (Å²) in [5.41, 5.74) is 15.7. The Hall–Kier alpha value is -2.29. The van der Waals surface area contributed by atoms with E-state index in [0.29, 0.717) is 22.5 Å². The fraction of sp³-hybridized carbons (Fsp3) is 0. The van der Waals surface area contributed by atoms with E-state index >= 15 is 0 Å². The summed E-state index contributed by atoms with van der Waals surface area (Å²) in [6, 6.07) is 10.8. The van der Waals surface area contributed by atoms with Crippen molar-refractivity contribution in [2.45, 2.75) is 0 Å². The molecule has 2 aromatic rings. The van der Waals surface area contributed by atoms with Crippen molar-refractivity contribution in [1.29, 1.82) is 0 Å². The Bertz CT molecular complexity index is 617. The lowest BCUT2D eigenvalue weighted by atomic mass is 10.0. The minimum Gasteiger partial charge on any atom is -0.399 e. The van der Waals surface area contributed by atoms with Gasteiger partial charge in [-0.05, 0) is 17.7 Å². The number of anilines is 2. The van der Waals surface area contributed by atoms with Crippen LogP contribution in [-0.2, 0) is 0 Å². The number of hydrogen-bond donors (Lipinski definition) is 2. The zero-order chi connectivity index (χ0) is 11.3. The number of benzene rings is 2. The van der Waals surface area contributed by atoms with Crippen LogP contribution in [-0.4, -0.2) is 5.78 Å². The van der Waals surface area contributed by atoms with Crippen molar-refractivity contribution >= 4 is 17.2 Å². The molecule has 0 aromatic heterocycles. The van der Waals surface area contributed by atoms with E-state index in [0.717, 1.165) is 11.1 Å². The Labute approximate surface area is 92.7 Å². The number of hydrogen-bond acceptors (Lipinski definition) is 3. The number of carbonyl (C=O) groups is 1. The zero-order valence-corrected chi connectivity index (χ0v) is 8.53. The van der Waals surface area contributed by atoms with Crippen molar-refractivity contribution in [3.63, 3.8) is 0 Å². The summed E-state index contributed by atoms with van der Waals surface area (Å²) in [5, 5.41) is 0. The van der Waals surface area contributed by atoms with Crippen LogP contribution in [0, 0.1) is 0 Å². The van der Waals surface area contributed by atoms with Crippen molar-refractivity contribution in [2.75, 3.05) is 11.5 Å². The third kappa shape index (κ3) is 0.997. The summed E-state index contributed by atoms with van der Waals surface area (Å²) in [5.74, 6) is 0.00426. The Morgan fingerprint density at radius 3 is 2.31 bits per heavy atom. The summed E-state index contributed by atoms with van der Waals surface area (Å²) in [6.07, 6.45) is 0. The van der Waals surface area contributed by atoms with Crippen LogP contribution in [0.3, 0.4) is 0 Å². The minimum absolute atomic E-state index is 0.00426. The quantitative estimate of drug-likeness (QED) is 0.558. The molecular formula is C13H10N2O. The minimum atomic E-state index is 0.00426. The maximum absolute atomic E-state index is 12.1. The van der Waals surface area contributed by atoms with E-state index < -0.39 is 0 Å². The molecule has 3 heteroatoms. The number of carbonyl (C=O) groups excluding carboxylic acids is 1. The molecule has 0 aliphatic heterocycles. The molecule has 0 bridgehead atoms. The van der Waals surface area contributed by atoms with Gasteiger partial charge in [-0.2, -0.15) is 0 Å². The van der Waals surface area contributed by atoms with Gasteiger partial charge in [-0.25, -0.2) is 0 Å². The molecule has 0 saturated carbocycles. The topological polar surface area (TPSA) is 69.1 Å². The van der Waals surface area contributed by atoms with Gasteiger partial charge in [0.25, 0.3) is 0 Å². The van der Waals surface area contributed by atoms with Gasteiger partial charge in [0.15, 0.2) is 5.78 Å². The van der Waals surface area contributed by atoms with Gasteiger partial charge in [-0.1, -0.05) is 24.3 Å². The highest BCUT2D eigenvalue weighted by molar-refractivity contribution is 6.23. The van der Waals surface area contributed by atoms with E-state index in [1.54, 1.807) is 12.1 Å². The maximum atomic E-state index is 12.1. The molecule has 0 amide bonds. The van der Waals surface area contributed by atoms with Crippen LogP contribution in [0.4, 0.5) is 11.4 Å². The predicted molar refractivity (Wildman–Crippen MR) is 64.1 cm³/mol. The Morgan fingerprint density at radius 1 is 0.875 bits per heavy atom. The fourth-order valence-electron chi connectivity index (χ4n) is 2.21. The van der Waals surface area contributed by atoms with Crippen LogP contribution in [0.15, 0.2) is 36.4 Å². The third-order valence-corrected chi connectivity index (χ3v) is 2.88.